The van der Waals surface area contributed by atoms with Crippen LogP contribution in [0.2, 0.25) is 0 Å². The molecular formula is C31H38N4O6. The monoisotopic (exact) mass is 562 g/mol. The molecule has 0 radical (unpaired) electrons. The Morgan fingerprint density at radius 3 is 2.27 bits per heavy atom. The molecule has 4 N–H and O–H groups in total. The van der Waals surface area contributed by atoms with Gasteiger partial charge < -0.3 is 30.4 Å². The van der Waals surface area contributed by atoms with Crippen molar-refractivity contribution >= 4 is 34.8 Å². The Balaban J connectivity index is 1.40. The van der Waals surface area contributed by atoms with Crippen molar-refractivity contribution in [3.8, 4) is 0 Å². The molecule has 2 atom stereocenters. The number of H-pyrrole nitrogens is 1. The maximum absolute atomic E-state index is 13.7. The van der Waals surface area contributed by atoms with Gasteiger partial charge in [-0.1, -0.05) is 48.5 Å². The fourth-order valence-corrected chi connectivity index (χ4v) is 5.09. The van der Waals surface area contributed by atoms with Crippen molar-refractivity contribution in [2.75, 3.05) is 13.1 Å². The van der Waals surface area contributed by atoms with Gasteiger partial charge in [0.25, 0.3) is 0 Å². The van der Waals surface area contributed by atoms with Gasteiger partial charge >= 0.3 is 12.1 Å². The zero-order chi connectivity index (χ0) is 29.6. The number of alkyl carbamates (subject to hydrolysis) is 1. The Labute approximate surface area is 239 Å². The summed E-state index contributed by atoms with van der Waals surface area (Å²) in [4.78, 5) is 56.0. The van der Waals surface area contributed by atoms with Crippen LogP contribution >= 0.6 is 0 Å². The first kappa shape index (κ1) is 29.6. The van der Waals surface area contributed by atoms with Gasteiger partial charge in [-0.05, 0) is 50.8 Å². The highest BCUT2D eigenvalue weighted by molar-refractivity contribution is 5.89. The molecule has 218 valence electrons. The van der Waals surface area contributed by atoms with Crippen LogP contribution in [0.4, 0.5) is 4.79 Å². The molecule has 0 unspecified atom stereocenters. The normalized spacial score (nSPS) is 15.6. The number of aromatic nitrogens is 1. The second kappa shape index (κ2) is 12.9. The lowest BCUT2D eigenvalue weighted by molar-refractivity contribution is -0.143. The quantitative estimate of drug-likeness (QED) is 0.314. The van der Waals surface area contributed by atoms with Gasteiger partial charge in [0.2, 0.25) is 11.8 Å². The summed E-state index contributed by atoms with van der Waals surface area (Å²) in [7, 11) is 0. The number of carbonyl (C=O) groups excluding carboxylic acids is 3. The topological polar surface area (TPSA) is 141 Å². The van der Waals surface area contributed by atoms with Crippen LogP contribution in [-0.4, -0.2) is 69.6 Å². The number of para-hydroxylation sites is 1. The van der Waals surface area contributed by atoms with E-state index in [4.69, 9.17) is 4.74 Å². The molecule has 0 saturated carbocycles. The van der Waals surface area contributed by atoms with E-state index in [1.807, 2.05) is 60.8 Å². The Bertz CT molecular complexity index is 1370. The summed E-state index contributed by atoms with van der Waals surface area (Å²) in [5.41, 5.74) is 1.92. The lowest BCUT2D eigenvalue weighted by Crippen LogP contribution is -2.53. The fourth-order valence-electron chi connectivity index (χ4n) is 5.09. The number of fused-ring (bicyclic) bond motifs is 1. The molecule has 0 aliphatic carbocycles. The highest BCUT2D eigenvalue weighted by Gasteiger charge is 2.34. The lowest BCUT2D eigenvalue weighted by Gasteiger charge is -2.34. The van der Waals surface area contributed by atoms with Gasteiger partial charge in [-0.25, -0.2) is 9.59 Å². The average molecular weight is 563 g/mol. The molecular weight excluding hydrogens is 524 g/mol. The van der Waals surface area contributed by atoms with Gasteiger partial charge in [0.15, 0.2) is 0 Å². The first-order valence-corrected chi connectivity index (χ1v) is 13.9. The number of piperidine rings is 1. The maximum Gasteiger partial charge on any atom is 0.408 e. The van der Waals surface area contributed by atoms with Crippen molar-refractivity contribution in [1.82, 2.24) is 20.5 Å². The van der Waals surface area contributed by atoms with E-state index in [1.54, 1.807) is 25.7 Å². The van der Waals surface area contributed by atoms with E-state index in [2.05, 4.69) is 15.6 Å². The number of rotatable bonds is 9. The molecule has 1 aliphatic rings. The first-order chi connectivity index (χ1) is 19.5. The van der Waals surface area contributed by atoms with Gasteiger partial charge in [-0.15, -0.1) is 0 Å². The van der Waals surface area contributed by atoms with E-state index in [0.29, 0.717) is 25.9 Å². The standard InChI is InChI=1S/C31H38N4O6/c1-31(2,3)41-30(40)34-25(18-22-19-32-24-12-8-7-11-23(22)24)28(37)35-15-13-21(14-16-35)27(36)33-26(29(38)39)17-20-9-5-4-6-10-20/h4-12,19,21,25-26,32H,13-18H2,1-3H3,(H,33,36)(H,34,40)(H,38,39)/t25-,26-/m0/s1. The number of hydrogen-bond acceptors (Lipinski definition) is 5. The minimum atomic E-state index is -1.09. The SMILES string of the molecule is CC(C)(C)OC(=O)N[C@@H](Cc1c[nH]c2ccccc12)C(=O)N1CCC(C(=O)N[C@@H](Cc2ccccc2)C(=O)O)CC1. The Morgan fingerprint density at radius 1 is 0.951 bits per heavy atom. The van der Waals surface area contributed by atoms with E-state index in [1.165, 1.54) is 0 Å². The first-order valence-electron chi connectivity index (χ1n) is 13.9. The van der Waals surface area contributed by atoms with Crippen molar-refractivity contribution in [1.29, 1.82) is 0 Å². The summed E-state index contributed by atoms with van der Waals surface area (Å²) in [6, 6.07) is 15.0. The van der Waals surface area contributed by atoms with Gasteiger partial charge in [-0.3, -0.25) is 9.59 Å². The molecule has 3 amide bonds. The minimum absolute atomic E-state index is 0.186. The van der Waals surface area contributed by atoms with E-state index in [9.17, 15) is 24.3 Å². The van der Waals surface area contributed by atoms with Crippen molar-refractivity contribution in [3.05, 3.63) is 71.9 Å². The van der Waals surface area contributed by atoms with Gasteiger partial charge in [0.1, 0.15) is 17.7 Å². The molecule has 1 fully saturated rings. The number of likely N-dealkylation sites (tertiary alicyclic amines) is 1. The molecule has 0 bridgehead atoms. The molecule has 1 saturated heterocycles. The third-order valence-electron chi connectivity index (χ3n) is 7.16. The predicted octanol–water partition coefficient (Wildman–Crippen LogP) is 3.65. The average Bonchev–Trinajstić information content (AvgIpc) is 3.34. The van der Waals surface area contributed by atoms with Crippen LogP contribution in [0.5, 0.6) is 0 Å². The van der Waals surface area contributed by atoms with Crippen molar-refractivity contribution < 1.29 is 29.0 Å². The second-order valence-electron chi connectivity index (χ2n) is 11.5. The fraction of sp³-hybridized carbons (Fsp3) is 0.419. The molecule has 2 aromatic carbocycles. The Kier molecular flexibility index (Phi) is 9.31. The summed E-state index contributed by atoms with van der Waals surface area (Å²) in [6.07, 6.45) is 2.39. The molecule has 10 nitrogen and oxygen atoms in total. The van der Waals surface area contributed by atoms with Crippen LogP contribution in [0.25, 0.3) is 10.9 Å². The summed E-state index contributed by atoms with van der Waals surface area (Å²) in [6.45, 7) is 5.90. The number of amides is 3. The number of benzene rings is 2. The Morgan fingerprint density at radius 2 is 1.61 bits per heavy atom. The third-order valence-corrected chi connectivity index (χ3v) is 7.16. The molecule has 3 aromatic rings. The van der Waals surface area contributed by atoms with Crippen molar-refractivity contribution in [2.45, 2.75) is 64.1 Å². The minimum Gasteiger partial charge on any atom is -0.480 e. The largest absolute Gasteiger partial charge is 0.480 e. The van der Waals surface area contributed by atoms with Crippen LogP contribution in [-0.2, 0) is 32.0 Å². The number of nitrogens with zero attached hydrogens (tertiary/aromatic N) is 1. The molecule has 2 heterocycles. The van der Waals surface area contributed by atoms with Crippen LogP contribution < -0.4 is 10.6 Å². The smallest absolute Gasteiger partial charge is 0.408 e. The Hall–Kier alpha value is -4.34. The maximum atomic E-state index is 13.7. The number of ether oxygens (including phenoxy) is 1. The van der Waals surface area contributed by atoms with Gasteiger partial charge in [-0.2, -0.15) is 0 Å². The molecule has 10 heteroatoms. The second-order valence-corrected chi connectivity index (χ2v) is 11.5. The summed E-state index contributed by atoms with van der Waals surface area (Å²) >= 11 is 0. The number of carbonyl (C=O) groups is 4. The van der Waals surface area contributed by atoms with E-state index >= 15 is 0 Å². The third kappa shape index (κ3) is 8.09. The van der Waals surface area contributed by atoms with Crippen molar-refractivity contribution in [3.63, 3.8) is 0 Å². The van der Waals surface area contributed by atoms with Gasteiger partial charge in [0, 0.05) is 48.9 Å². The number of aromatic amines is 1. The van der Waals surface area contributed by atoms with Crippen molar-refractivity contribution in [2.24, 2.45) is 5.92 Å². The van der Waals surface area contributed by atoms with Crippen LogP contribution in [0.15, 0.2) is 60.8 Å². The van der Waals surface area contributed by atoms with Crippen LogP contribution in [0.3, 0.4) is 0 Å². The zero-order valence-electron chi connectivity index (χ0n) is 23.7. The van der Waals surface area contributed by atoms with E-state index in [0.717, 1.165) is 22.0 Å². The summed E-state index contributed by atoms with van der Waals surface area (Å²) in [5.74, 6) is -2.10. The summed E-state index contributed by atoms with van der Waals surface area (Å²) in [5, 5.41) is 16.1. The molecule has 41 heavy (non-hydrogen) atoms. The predicted molar refractivity (Wildman–Crippen MR) is 154 cm³/mol. The van der Waals surface area contributed by atoms with E-state index in [-0.39, 0.29) is 24.7 Å². The summed E-state index contributed by atoms with van der Waals surface area (Å²) < 4.78 is 5.43. The molecule has 0 spiro atoms. The molecule has 1 aromatic heterocycles. The highest BCUT2D eigenvalue weighted by atomic mass is 16.6. The highest BCUT2D eigenvalue weighted by Crippen LogP contribution is 2.23. The zero-order valence-corrected chi connectivity index (χ0v) is 23.7. The lowest BCUT2D eigenvalue weighted by atomic mass is 9.94. The number of carboxylic acids is 1. The van der Waals surface area contributed by atoms with Crippen LogP contribution in [0, 0.1) is 5.92 Å². The molecule has 1 aliphatic heterocycles. The van der Waals surface area contributed by atoms with Gasteiger partial charge in [0.05, 0.1) is 0 Å². The van der Waals surface area contributed by atoms with E-state index < -0.39 is 35.7 Å². The number of aliphatic carboxylic acids is 1. The number of nitrogens with one attached hydrogen (secondary N) is 3. The number of carboxylic acid groups (broad SMARTS) is 1. The number of hydrogen-bond donors (Lipinski definition) is 4. The van der Waals surface area contributed by atoms with Crippen LogP contribution in [0.1, 0.15) is 44.7 Å². The molecule has 4 rings (SSSR count).